The van der Waals surface area contributed by atoms with Gasteiger partial charge in [0.2, 0.25) is 5.91 Å². The van der Waals surface area contributed by atoms with Crippen molar-refractivity contribution < 1.29 is 9.90 Å². The summed E-state index contributed by atoms with van der Waals surface area (Å²) in [6, 6.07) is 8.39. The van der Waals surface area contributed by atoms with Crippen LogP contribution in [0.2, 0.25) is 0 Å². The van der Waals surface area contributed by atoms with Crippen molar-refractivity contribution in [1.82, 2.24) is 4.90 Å². The fourth-order valence-electron chi connectivity index (χ4n) is 2.70. The average molecular weight is 276 g/mol. The Morgan fingerprint density at radius 2 is 2.15 bits per heavy atom. The molecule has 0 aliphatic carbocycles. The maximum absolute atomic E-state index is 12.6. The standard InChI is InChI=1S/C16H24N2O2/c1-13(2)17(10-11-19)12-16(20)18-9-5-7-14-6-3-4-8-15(14)18/h3-4,6,8,13,19H,5,7,9-12H2,1-2H3. The van der Waals surface area contributed by atoms with E-state index in [4.69, 9.17) is 5.11 Å². The van der Waals surface area contributed by atoms with Crippen molar-refractivity contribution in [2.24, 2.45) is 0 Å². The monoisotopic (exact) mass is 276 g/mol. The van der Waals surface area contributed by atoms with Gasteiger partial charge < -0.3 is 10.0 Å². The predicted molar refractivity (Wildman–Crippen MR) is 80.9 cm³/mol. The number of hydrogen-bond donors (Lipinski definition) is 1. The van der Waals surface area contributed by atoms with E-state index in [0.717, 1.165) is 25.1 Å². The number of carbonyl (C=O) groups excluding carboxylic acids is 1. The molecule has 2 rings (SSSR count). The lowest BCUT2D eigenvalue weighted by Gasteiger charge is -2.32. The first-order chi connectivity index (χ1) is 9.63. The second-order valence-electron chi connectivity index (χ2n) is 5.57. The van der Waals surface area contributed by atoms with Gasteiger partial charge in [-0.05, 0) is 38.3 Å². The summed E-state index contributed by atoms with van der Waals surface area (Å²) >= 11 is 0. The first-order valence-corrected chi connectivity index (χ1v) is 7.36. The quantitative estimate of drug-likeness (QED) is 0.889. The average Bonchev–Trinajstić information content (AvgIpc) is 2.46. The summed E-state index contributed by atoms with van der Waals surface area (Å²) in [5.74, 6) is 0.124. The molecule has 0 radical (unpaired) electrons. The van der Waals surface area contributed by atoms with Crippen molar-refractivity contribution >= 4 is 11.6 Å². The number of aliphatic hydroxyl groups excluding tert-OH is 1. The number of aliphatic hydroxyl groups is 1. The van der Waals surface area contributed by atoms with Gasteiger partial charge in [0.05, 0.1) is 13.2 Å². The Balaban J connectivity index is 2.10. The van der Waals surface area contributed by atoms with E-state index >= 15 is 0 Å². The van der Waals surface area contributed by atoms with Crippen molar-refractivity contribution in [3.05, 3.63) is 29.8 Å². The molecule has 0 fully saturated rings. The van der Waals surface area contributed by atoms with Crippen LogP contribution < -0.4 is 4.90 Å². The van der Waals surface area contributed by atoms with Crippen molar-refractivity contribution in [2.75, 3.05) is 31.1 Å². The molecule has 20 heavy (non-hydrogen) atoms. The summed E-state index contributed by atoms with van der Waals surface area (Å²) < 4.78 is 0. The Morgan fingerprint density at radius 3 is 2.85 bits per heavy atom. The fraction of sp³-hybridized carbons (Fsp3) is 0.562. The number of anilines is 1. The summed E-state index contributed by atoms with van der Waals surface area (Å²) in [4.78, 5) is 16.5. The third-order valence-electron chi connectivity index (χ3n) is 3.87. The molecular formula is C16H24N2O2. The Morgan fingerprint density at radius 1 is 1.40 bits per heavy atom. The Labute approximate surface area is 121 Å². The number of benzene rings is 1. The molecule has 1 aromatic rings. The first kappa shape index (κ1) is 15.0. The summed E-state index contributed by atoms with van der Waals surface area (Å²) in [5, 5.41) is 9.10. The molecule has 110 valence electrons. The van der Waals surface area contributed by atoms with Crippen LogP contribution in [0.4, 0.5) is 5.69 Å². The van der Waals surface area contributed by atoms with E-state index in [-0.39, 0.29) is 18.6 Å². The molecule has 1 heterocycles. The van der Waals surface area contributed by atoms with Gasteiger partial charge in [-0.15, -0.1) is 0 Å². The van der Waals surface area contributed by atoms with Crippen LogP contribution in [0, 0.1) is 0 Å². The van der Waals surface area contributed by atoms with E-state index < -0.39 is 0 Å². The lowest BCUT2D eigenvalue weighted by Crippen LogP contribution is -2.45. The van der Waals surface area contributed by atoms with E-state index in [2.05, 4.69) is 6.07 Å². The van der Waals surface area contributed by atoms with Crippen LogP contribution in [0.15, 0.2) is 24.3 Å². The second-order valence-corrected chi connectivity index (χ2v) is 5.57. The molecule has 1 aromatic carbocycles. The van der Waals surface area contributed by atoms with Gasteiger partial charge in [0, 0.05) is 24.8 Å². The minimum Gasteiger partial charge on any atom is -0.395 e. The molecular weight excluding hydrogens is 252 g/mol. The van der Waals surface area contributed by atoms with Gasteiger partial charge in [0.1, 0.15) is 0 Å². The lowest BCUT2D eigenvalue weighted by atomic mass is 10.0. The third kappa shape index (κ3) is 3.38. The Kier molecular flexibility index (Phi) is 5.15. The van der Waals surface area contributed by atoms with Gasteiger partial charge >= 0.3 is 0 Å². The van der Waals surface area contributed by atoms with Crippen molar-refractivity contribution in [3.8, 4) is 0 Å². The van der Waals surface area contributed by atoms with E-state index in [9.17, 15) is 4.79 Å². The van der Waals surface area contributed by atoms with E-state index in [1.54, 1.807) is 0 Å². The van der Waals surface area contributed by atoms with E-state index in [0.29, 0.717) is 13.1 Å². The number of hydrogen-bond acceptors (Lipinski definition) is 3. The van der Waals surface area contributed by atoms with Crippen LogP contribution in [0.25, 0.3) is 0 Å². The van der Waals surface area contributed by atoms with Crippen molar-refractivity contribution in [2.45, 2.75) is 32.7 Å². The molecule has 0 saturated heterocycles. The van der Waals surface area contributed by atoms with Gasteiger partial charge in [0.25, 0.3) is 0 Å². The van der Waals surface area contributed by atoms with Crippen LogP contribution in [-0.2, 0) is 11.2 Å². The molecule has 4 nitrogen and oxygen atoms in total. The number of carbonyl (C=O) groups is 1. The van der Waals surface area contributed by atoms with Gasteiger partial charge in [-0.2, -0.15) is 0 Å². The number of para-hydroxylation sites is 1. The zero-order valence-corrected chi connectivity index (χ0v) is 12.4. The number of amides is 1. The summed E-state index contributed by atoms with van der Waals surface area (Å²) in [5.41, 5.74) is 2.31. The molecule has 0 aromatic heterocycles. The van der Waals surface area contributed by atoms with Gasteiger partial charge in [0.15, 0.2) is 0 Å². The van der Waals surface area contributed by atoms with Crippen LogP contribution in [-0.4, -0.2) is 48.2 Å². The summed E-state index contributed by atoms with van der Waals surface area (Å²) in [6.07, 6.45) is 2.06. The Bertz CT molecular complexity index is 460. The molecule has 1 N–H and O–H groups in total. The lowest BCUT2D eigenvalue weighted by molar-refractivity contribution is -0.120. The van der Waals surface area contributed by atoms with Crippen molar-refractivity contribution in [3.63, 3.8) is 0 Å². The smallest absolute Gasteiger partial charge is 0.241 e. The Hall–Kier alpha value is -1.39. The highest BCUT2D eigenvalue weighted by atomic mass is 16.3. The topological polar surface area (TPSA) is 43.8 Å². The zero-order valence-electron chi connectivity index (χ0n) is 12.4. The highest BCUT2D eigenvalue weighted by molar-refractivity contribution is 5.95. The van der Waals surface area contributed by atoms with Gasteiger partial charge in [-0.25, -0.2) is 0 Å². The first-order valence-electron chi connectivity index (χ1n) is 7.36. The molecule has 1 aliphatic heterocycles. The maximum Gasteiger partial charge on any atom is 0.241 e. The molecule has 0 bridgehead atoms. The van der Waals surface area contributed by atoms with Gasteiger partial charge in [-0.3, -0.25) is 9.69 Å². The van der Waals surface area contributed by atoms with Crippen LogP contribution in [0.1, 0.15) is 25.8 Å². The van der Waals surface area contributed by atoms with Crippen LogP contribution >= 0.6 is 0 Å². The van der Waals surface area contributed by atoms with Crippen molar-refractivity contribution in [1.29, 1.82) is 0 Å². The van der Waals surface area contributed by atoms with Gasteiger partial charge in [-0.1, -0.05) is 18.2 Å². The van der Waals surface area contributed by atoms with E-state index in [1.807, 2.05) is 41.8 Å². The number of nitrogens with zero attached hydrogens (tertiary/aromatic N) is 2. The highest BCUT2D eigenvalue weighted by Crippen LogP contribution is 2.26. The zero-order chi connectivity index (χ0) is 14.5. The predicted octanol–water partition coefficient (Wildman–Crippen LogP) is 1.67. The molecule has 0 unspecified atom stereocenters. The number of aryl methyl sites for hydroxylation is 1. The third-order valence-corrected chi connectivity index (χ3v) is 3.87. The normalized spacial score (nSPS) is 14.8. The minimum atomic E-state index is 0.0854. The van der Waals surface area contributed by atoms with Crippen LogP contribution in [0.3, 0.4) is 0 Å². The molecule has 0 spiro atoms. The largest absolute Gasteiger partial charge is 0.395 e. The van der Waals surface area contributed by atoms with Crippen LogP contribution in [0.5, 0.6) is 0 Å². The molecule has 4 heteroatoms. The summed E-state index contributed by atoms with van der Waals surface area (Å²) in [7, 11) is 0. The number of fused-ring (bicyclic) bond motifs is 1. The second kappa shape index (κ2) is 6.86. The summed E-state index contributed by atoms with van der Waals surface area (Å²) in [6.45, 7) is 5.88. The SMILES string of the molecule is CC(C)N(CCO)CC(=O)N1CCCc2ccccc21. The molecule has 1 aliphatic rings. The fourth-order valence-corrected chi connectivity index (χ4v) is 2.70. The molecule has 0 saturated carbocycles. The molecule has 1 amide bonds. The molecule has 0 atom stereocenters. The van der Waals surface area contributed by atoms with E-state index in [1.165, 1.54) is 5.56 Å². The minimum absolute atomic E-state index is 0.0854. The number of rotatable bonds is 5. The highest BCUT2D eigenvalue weighted by Gasteiger charge is 2.24. The maximum atomic E-state index is 12.6.